The number of aromatic nitrogens is 6. The van der Waals surface area contributed by atoms with Crippen molar-refractivity contribution < 1.29 is 13.2 Å². The van der Waals surface area contributed by atoms with E-state index < -0.39 is 11.7 Å². The van der Waals surface area contributed by atoms with Gasteiger partial charge in [-0.1, -0.05) is 23.9 Å². The molecule has 1 aliphatic carbocycles. The molecule has 1 saturated heterocycles. The van der Waals surface area contributed by atoms with Crippen molar-refractivity contribution in [1.82, 2.24) is 34.3 Å². The SMILES string of the molecule is Cn1c(SCCCN2CC[C@]3(C[C@@H]3c3ccc(C(F)(F)F)cc3)C2)nnc1-c1cccn2cnnc12. The van der Waals surface area contributed by atoms with Crippen LogP contribution in [0.15, 0.2) is 54.1 Å². The van der Waals surface area contributed by atoms with E-state index in [1.54, 1.807) is 30.2 Å². The molecule has 1 saturated carbocycles. The summed E-state index contributed by atoms with van der Waals surface area (Å²) in [6.07, 6.45) is 2.52. The average Bonchev–Trinajstić information content (AvgIpc) is 3.19. The lowest BCUT2D eigenvalue weighted by atomic mass is 9.97. The molecule has 0 unspecified atom stereocenters. The van der Waals surface area contributed by atoms with Crippen LogP contribution in [0.5, 0.6) is 0 Å². The molecule has 11 heteroatoms. The zero-order chi connectivity index (χ0) is 24.9. The minimum absolute atomic E-state index is 0.244. The zero-order valence-corrected chi connectivity index (χ0v) is 20.6. The molecule has 188 valence electrons. The van der Waals surface area contributed by atoms with E-state index in [4.69, 9.17) is 0 Å². The lowest BCUT2D eigenvalue weighted by Gasteiger charge is -2.16. The van der Waals surface area contributed by atoms with Crippen LogP contribution in [0, 0.1) is 5.41 Å². The summed E-state index contributed by atoms with van der Waals surface area (Å²) in [6, 6.07) is 9.69. The molecule has 2 fully saturated rings. The number of benzene rings is 1. The first-order chi connectivity index (χ1) is 17.3. The first-order valence-corrected chi connectivity index (χ1v) is 13.0. The monoisotopic (exact) mass is 513 g/mol. The van der Waals surface area contributed by atoms with Gasteiger partial charge in [0, 0.05) is 25.5 Å². The highest BCUT2D eigenvalue weighted by atomic mass is 32.2. The second-order valence-corrected chi connectivity index (χ2v) is 10.9. The Bertz CT molecular complexity index is 1380. The van der Waals surface area contributed by atoms with E-state index >= 15 is 0 Å². The third-order valence-electron chi connectivity index (χ3n) is 7.54. The van der Waals surface area contributed by atoms with E-state index in [2.05, 4.69) is 25.3 Å². The number of likely N-dealkylation sites (tertiary alicyclic amines) is 1. The van der Waals surface area contributed by atoms with Gasteiger partial charge in [0.15, 0.2) is 16.6 Å². The predicted molar refractivity (Wildman–Crippen MR) is 131 cm³/mol. The summed E-state index contributed by atoms with van der Waals surface area (Å²) >= 11 is 1.70. The van der Waals surface area contributed by atoms with Crippen molar-refractivity contribution >= 4 is 17.4 Å². The molecular weight excluding hydrogens is 487 g/mol. The highest BCUT2D eigenvalue weighted by Gasteiger charge is 2.57. The molecule has 0 radical (unpaired) electrons. The molecule has 3 aromatic heterocycles. The van der Waals surface area contributed by atoms with Crippen molar-refractivity contribution in [3.8, 4) is 11.4 Å². The molecule has 4 heterocycles. The molecule has 36 heavy (non-hydrogen) atoms. The van der Waals surface area contributed by atoms with Crippen LogP contribution in [0.3, 0.4) is 0 Å². The van der Waals surface area contributed by atoms with Gasteiger partial charge in [-0.3, -0.25) is 4.40 Å². The van der Waals surface area contributed by atoms with Crippen molar-refractivity contribution in [1.29, 1.82) is 0 Å². The summed E-state index contributed by atoms with van der Waals surface area (Å²) in [5.74, 6) is 2.08. The largest absolute Gasteiger partial charge is 0.416 e. The standard InChI is InChI=1S/C25H26F3N7S/c1-33-21(19-4-2-11-35-16-29-30-22(19)35)31-32-23(33)36-13-3-10-34-12-9-24(15-34)14-20(24)17-5-7-18(8-6-17)25(26,27)28/h2,4-8,11,16,20H,3,9-10,12-15H2,1H3/t20-,24+/m1/s1. The van der Waals surface area contributed by atoms with Gasteiger partial charge >= 0.3 is 6.18 Å². The molecule has 2 atom stereocenters. The van der Waals surface area contributed by atoms with Crippen molar-refractivity contribution in [3.05, 3.63) is 60.0 Å². The number of fused-ring (bicyclic) bond motifs is 1. The van der Waals surface area contributed by atoms with Crippen molar-refractivity contribution in [2.24, 2.45) is 12.5 Å². The maximum Gasteiger partial charge on any atom is 0.416 e. The lowest BCUT2D eigenvalue weighted by molar-refractivity contribution is -0.137. The van der Waals surface area contributed by atoms with Crippen LogP contribution in [0.25, 0.3) is 17.0 Å². The Morgan fingerprint density at radius 3 is 2.75 bits per heavy atom. The van der Waals surface area contributed by atoms with Crippen LogP contribution in [0.4, 0.5) is 13.2 Å². The molecule has 7 nitrogen and oxygen atoms in total. The number of thioether (sulfide) groups is 1. The van der Waals surface area contributed by atoms with Gasteiger partial charge in [0.2, 0.25) is 0 Å². The highest BCUT2D eigenvalue weighted by Crippen LogP contribution is 2.64. The summed E-state index contributed by atoms with van der Waals surface area (Å²) in [5.41, 5.74) is 2.36. The third-order valence-corrected chi connectivity index (χ3v) is 8.65. The van der Waals surface area contributed by atoms with Gasteiger partial charge in [-0.2, -0.15) is 13.2 Å². The van der Waals surface area contributed by atoms with Crippen LogP contribution < -0.4 is 0 Å². The average molecular weight is 514 g/mol. The van der Waals surface area contributed by atoms with Crippen LogP contribution in [-0.4, -0.2) is 59.6 Å². The summed E-state index contributed by atoms with van der Waals surface area (Å²) in [6.45, 7) is 3.09. The van der Waals surface area contributed by atoms with Gasteiger partial charge in [0.1, 0.15) is 6.33 Å². The second kappa shape index (κ2) is 8.88. The van der Waals surface area contributed by atoms with Crippen molar-refractivity contribution in [2.45, 2.75) is 36.5 Å². The number of halogens is 3. The van der Waals surface area contributed by atoms with Gasteiger partial charge in [-0.25, -0.2) is 0 Å². The third kappa shape index (κ3) is 4.28. The van der Waals surface area contributed by atoms with Crippen LogP contribution >= 0.6 is 11.8 Å². The summed E-state index contributed by atoms with van der Waals surface area (Å²) in [4.78, 5) is 2.50. The van der Waals surface area contributed by atoms with Gasteiger partial charge in [-0.15, -0.1) is 20.4 Å². The Morgan fingerprint density at radius 1 is 1.11 bits per heavy atom. The Hall–Kier alpha value is -2.92. The van der Waals surface area contributed by atoms with Gasteiger partial charge in [0.25, 0.3) is 0 Å². The molecule has 6 rings (SSSR count). The predicted octanol–water partition coefficient (Wildman–Crippen LogP) is 4.91. The molecule has 1 spiro atoms. The number of nitrogens with zero attached hydrogens (tertiary/aromatic N) is 7. The molecule has 1 aliphatic heterocycles. The normalized spacial score (nSPS) is 22.2. The van der Waals surface area contributed by atoms with E-state index in [0.717, 1.165) is 72.4 Å². The number of hydrogen-bond donors (Lipinski definition) is 0. The fraction of sp³-hybridized carbons (Fsp3) is 0.440. The van der Waals surface area contributed by atoms with E-state index in [-0.39, 0.29) is 5.41 Å². The minimum Gasteiger partial charge on any atom is -0.305 e. The second-order valence-electron chi connectivity index (χ2n) is 9.82. The maximum atomic E-state index is 12.9. The molecule has 0 N–H and O–H groups in total. The molecule has 1 aromatic carbocycles. The number of alkyl halides is 3. The van der Waals surface area contributed by atoms with Gasteiger partial charge < -0.3 is 9.47 Å². The maximum absolute atomic E-state index is 12.9. The molecule has 4 aromatic rings. The van der Waals surface area contributed by atoms with E-state index in [1.165, 1.54) is 12.1 Å². The first kappa shape index (κ1) is 23.5. The van der Waals surface area contributed by atoms with Crippen LogP contribution in [0.2, 0.25) is 0 Å². The van der Waals surface area contributed by atoms with Crippen molar-refractivity contribution in [3.63, 3.8) is 0 Å². The van der Waals surface area contributed by atoms with E-state index in [0.29, 0.717) is 5.92 Å². The fourth-order valence-electron chi connectivity index (χ4n) is 5.50. The molecule has 2 aliphatic rings. The van der Waals surface area contributed by atoms with Crippen LogP contribution in [0.1, 0.15) is 36.3 Å². The van der Waals surface area contributed by atoms with E-state index in [9.17, 15) is 13.2 Å². The Labute approximate surface area is 210 Å². The number of hydrogen-bond acceptors (Lipinski definition) is 6. The minimum atomic E-state index is -4.28. The summed E-state index contributed by atoms with van der Waals surface area (Å²) < 4.78 is 42.4. The molecule has 0 bridgehead atoms. The summed E-state index contributed by atoms with van der Waals surface area (Å²) in [7, 11) is 1.97. The Kier molecular flexibility index (Phi) is 5.79. The van der Waals surface area contributed by atoms with Gasteiger partial charge in [-0.05, 0) is 73.5 Å². The fourth-order valence-corrected chi connectivity index (χ4v) is 6.34. The quantitative estimate of drug-likeness (QED) is 0.259. The highest BCUT2D eigenvalue weighted by molar-refractivity contribution is 7.99. The lowest BCUT2D eigenvalue weighted by Crippen LogP contribution is -2.23. The zero-order valence-electron chi connectivity index (χ0n) is 19.8. The summed E-state index contributed by atoms with van der Waals surface area (Å²) in [5, 5.41) is 17.8. The Morgan fingerprint density at radius 2 is 1.94 bits per heavy atom. The smallest absolute Gasteiger partial charge is 0.305 e. The topological polar surface area (TPSA) is 64.1 Å². The van der Waals surface area contributed by atoms with Gasteiger partial charge in [0.05, 0.1) is 11.1 Å². The van der Waals surface area contributed by atoms with Crippen molar-refractivity contribution in [2.75, 3.05) is 25.4 Å². The molecular formula is C25H26F3N7S. The number of pyridine rings is 1. The Balaban J connectivity index is 1.00. The van der Waals surface area contributed by atoms with E-state index in [1.807, 2.05) is 34.3 Å². The molecule has 0 amide bonds. The first-order valence-electron chi connectivity index (χ1n) is 12.0. The number of rotatable bonds is 7. The van der Waals surface area contributed by atoms with Crippen LogP contribution in [-0.2, 0) is 13.2 Å².